The second-order valence-corrected chi connectivity index (χ2v) is 6.59. The van der Waals surface area contributed by atoms with Gasteiger partial charge >= 0.3 is 0 Å². The summed E-state index contributed by atoms with van der Waals surface area (Å²) < 4.78 is 2.25. The SMILES string of the molecule is Cc1ccccc1-n1cc(CCCCCc2cc[nH]c(=S)c2O)nn1. The van der Waals surface area contributed by atoms with Gasteiger partial charge in [0.25, 0.3) is 0 Å². The number of aryl methyl sites for hydroxylation is 3. The van der Waals surface area contributed by atoms with E-state index in [2.05, 4.69) is 28.3 Å². The fraction of sp³-hybridized carbons (Fsp3) is 0.316. The summed E-state index contributed by atoms with van der Waals surface area (Å²) in [6, 6.07) is 10.0. The average molecular weight is 354 g/mol. The number of aromatic amines is 1. The van der Waals surface area contributed by atoms with Crippen LogP contribution in [0.3, 0.4) is 0 Å². The fourth-order valence-electron chi connectivity index (χ4n) is 2.86. The van der Waals surface area contributed by atoms with Crippen molar-refractivity contribution in [3.05, 3.63) is 64.2 Å². The Morgan fingerprint density at radius 3 is 2.76 bits per heavy atom. The smallest absolute Gasteiger partial charge is 0.153 e. The molecule has 0 unspecified atom stereocenters. The van der Waals surface area contributed by atoms with Crippen LogP contribution in [0, 0.1) is 11.6 Å². The molecular formula is C19H22N4OS. The van der Waals surface area contributed by atoms with E-state index in [4.69, 9.17) is 12.2 Å². The third-order valence-electron chi connectivity index (χ3n) is 4.30. The molecule has 0 bridgehead atoms. The van der Waals surface area contributed by atoms with E-state index in [0.717, 1.165) is 49.0 Å². The van der Waals surface area contributed by atoms with Gasteiger partial charge in [0.1, 0.15) is 4.64 Å². The van der Waals surface area contributed by atoms with Crippen LogP contribution in [-0.2, 0) is 12.8 Å². The summed E-state index contributed by atoms with van der Waals surface area (Å²) in [5, 5.41) is 18.4. The fourth-order valence-corrected chi connectivity index (χ4v) is 3.06. The predicted octanol–water partition coefficient (Wildman–Crippen LogP) is 4.29. The number of pyridine rings is 1. The van der Waals surface area contributed by atoms with Crippen molar-refractivity contribution in [2.24, 2.45) is 0 Å². The predicted molar refractivity (Wildman–Crippen MR) is 101 cm³/mol. The van der Waals surface area contributed by atoms with E-state index >= 15 is 0 Å². The molecule has 0 radical (unpaired) electrons. The second-order valence-electron chi connectivity index (χ2n) is 6.18. The van der Waals surface area contributed by atoms with Crippen LogP contribution >= 0.6 is 12.2 Å². The number of H-pyrrole nitrogens is 1. The third kappa shape index (κ3) is 4.33. The molecule has 1 aromatic carbocycles. The molecule has 0 aliphatic carbocycles. The highest BCUT2D eigenvalue weighted by atomic mass is 32.1. The highest BCUT2D eigenvalue weighted by Crippen LogP contribution is 2.19. The first-order valence-electron chi connectivity index (χ1n) is 8.52. The number of rotatable bonds is 7. The first kappa shape index (κ1) is 17.4. The van der Waals surface area contributed by atoms with Crippen LogP contribution in [0.2, 0.25) is 0 Å². The van der Waals surface area contributed by atoms with E-state index in [1.807, 2.05) is 35.1 Å². The summed E-state index contributed by atoms with van der Waals surface area (Å²) in [6.45, 7) is 2.07. The van der Waals surface area contributed by atoms with Crippen molar-refractivity contribution >= 4 is 12.2 Å². The van der Waals surface area contributed by atoms with Gasteiger partial charge in [-0.3, -0.25) is 0 Å². The molecule has 2 aromatic heterocycles. The zero-order chi connectivity index (χ0) is 17.6. The number of hydrogen-bond acceptors (Lipinski definition) is 4. The first-order chi connectivity index (χ1) is 12.1. The summed E-state index contributed by atoms with van der Waals surface area (Å²) in [7, 11) is 0. The molecule has 0 fully saturated rings. The molecule has 3 rings (SSSR count). The molecule has 25 heavy (non-hydrogen) atoms. The number of benzene rings is 1. The second kappa shape index (κ2) is 8.07. The van der Waals surface area contributed by atoms with Gasteiger partial charge in [-0.2, -0.15) is 0 Å². The van der Waals surface area contributed by atoms with Gasteiger partial charge in [0.2, 0.25) is 0 Å². The Balaban J connectivity index is 1.48. The van der Waals surface area contributed by atoms with Gasteiger partial charge in [-0.15, -0.1) is 5.10 Å². The van der Waals surface area contributed by atoms with Gasteiger partial charge in [0.15, 0.2) is 5.75 Å². The molecule has 3 aromatic rings. The standard InChI is InChI=1S/C19H22N4OS/c1-14-7-5-6-10-17(14)23-13-16(21-22-23)9-4-2-3-8-15-11-12-20-19(25)18(15)24/h5-7,10-13,24H,2-4,8-9H2,1H3,(H,20,25). The van der Waals surface area contributed by atoms with Crippen LogP contribution in [-0.4, -0.2) is 25.1 Å². The number of nitrogens with one attached hydrogen (secondary N) is 1. The van der Waals surface area contributed by atoms with E-state index in [1.54, 1.807) is 6.20 Å². The van der Waals surface area contributed by atoms with Crippen LogP contribution < -0.4 is 0 Å². The van der Waals surface area contributed by atoms with Crippen molar-refractivity contribution < 1.29 is 5.11 Å². The number of aromatic hydroxyl groups is 1. The summed E-state index contributed by atoms with van der Waals surface area (Å²) in [5.41, 5.74) is 4.17. The van der Waals surface area contributed by atoms with Gasteiger partial charge in [0.05, 0.1) is 17.6 Å². The molecule has 0 saturated heterocycles. The maximum absolute atomic E-state index is 9.91. The summed E-state index contributed by atoms with van der Waals surface area (Å²) >= 11 is 5.03. The van der Waals surface area contributed by atoms with Crippen LogP contribution in [0.5, 0.6) is 5.75 Å². The van der Waals surface area contributed by atoms with Crippen molar-refractivity contribution in [1.29, 1.82) is 0 Å². The molecule has 2 heterocycles. The lowest BCUT2D eigenvalue weighted by Crippen LogP contribution is -1.97. The molecule has 0 amide bonds. The van der Waals surface area contributed by atoms with Gasteiger partial charge in [-0.05, 0) is 55.9 Å². The third-order valence-corrected chi connectivity index (χ3v) is 4.61. The van der Waals surface area contributed by atoms with Gasteiger partial charge in [-0.1, -0.05) is 42.1 Å². The van der Waals surface area contributed by atoms with E-state index in [-0.39, 0.29) is 5.75 Å². The lowest BCUT2D eigenvalue weighted by atomic mass is 10.1. The zero-order valence-corrected chi connectivity index (χ0v) is 15.1. The average Bonchev–Trinajstić information content (AvgIpc) is 3.07. The maximum Gasteiger partial charge on any atom is 0.153 e. The maximum atomic E-state index is 9.91. The van der Waals surface area contributed by atoms with Crippen molar-refractivity contribution in [3.8, 4) is 11.4 Å². The molecule has 0 aliphatic rings. The molecule has 2 N–H and O–H groups in total. The molecule has 130 valence electrons. The Labute approximate surface area is 152 Å². The van der Waals surface area contributed by atoms with Gasteiger partial charge < -0.3 is 10.1 Å². The van der Waals surface area contributed by atoms with E-state index in [0.29, 0.717) is 4.64 Å². The Morgan fingerprint density at radius 1 is 1.12 bits per heavy atom. The Bertz CT molecular complexity index is 900. The quantitative estimate of drug-likeness (QED) is 0.490. The van der Waals surface area contributed by atoms with Crippen molar-refractivity contribution in [2.75, 3.05) is 0 Å². The van der Waals surface area contributed by atoms with Crippen molar-refractivity contribution in [1.82, 2.24) is 20.0 Å². The molecule has 0 saturated carbocycles. The molecule has 0 aliphatic heterocycles. The Morgan fingerprint density at radius 2 is 1.92 bits per heavy atom. The molecule has 0 atom stereocenters. The first-order valence-corrected chi connectivity index (χ1v) is 8.93. The number of nitrogens with zero attached hydrogens (tertiary/aromatic N) is 3. The van der Waals surface area contributed by atoms with Crippen LogP contribution in [0.15, 0.2) is 42.7 Å². The van der Waals surface area contributed by atoms with Gasteiger partial charge in [0, 0.05) is 6.20 Å². The van der Waals surface area contributed by atoms with Crippen molar-refractivity contribution in [3.63, 3.8) is 0 Å². The molecule has 5 nitrogen and oxygen atoms in total. The Hall–Kier alpha value is -2.47. The van der Waals surface area contributed by atoms with E-state index < -0.39 is 0 Å². The van der Waals surface area contributed by atoms with Crippen LogP contribution in [0.1, 0.15) is 36.1 Å². The minimum absolute atomic E-state index is 0.207. The van der Waals surface area contributed by atoms with Gasteiger partial charge in [-0.25, -0.2) is 4.68 Å². The lowest BCUT2D eigenvalue weighted by molar-refractivity contribution is 0.461. The molecular weight excluding hydrogens is 332 g/mol. The lowest BCUT2D eigenvalue weighted by Gasteiger charge is -2.04. The minimum atomic E-state index is 0.207. The van der Waals surface area contributed by atoms with Crippen molar-refractivity contribution in [2.45, 2.75) is 39.0 Å². The number of aromatic nitrogens is 4. The monoisotopic (exact) mass is 354 g/mol. The van der Waals surface area contributed by atoms with E-state index in [9.17, 15) is 5.11 Å². The zero-order valence-electron chi connectivity index (χ0n) is 14.3. The van der Waals surface area contributed by atoms with E-state index in [1.165, 1.54) is 5.56 Å². The minimum Gasteiger partial charge on any atom is -0.505 e. The topological polar surface area (TPSA) is 66.7 Å². The number of para-hydroxylation sites is 1. The highest BCUT2D eigenvalue weighted by molar-refractivity contribution is 7.71. The summed E-state index contributed by atoms with van der Waals surface area (Å²) in [5.74, 6) is 0.207. The van der Waals surface area contributed by atoms with Crippen LogP contribution in [0.25, 0.3) is 5.69 Å². The highest BCUT2D eigenvalue weighted by Gasteiger charge is 2.06. The largest absolute Gasteiger partial charge is 0.505 e. The number of unbranched alkanes of at least 4 members (excludes halogenated alkanes) is 2. The Kier molecular flexibility index (Phi) is 5.60. The normalized spacial score (nSPS) is 10.9. The number of hydrogen-bond donors (Lipinski definition) is 2. The van der Waals surface area contributed by atoms with Crippen LogP contribution in [0.4, 0.5) is 0 Å². The molecule has 0 spiro atoms. The molecule has 6 heteroatoms. The summed E-state index contributed by atoms with van der Waals surface area (Å²) in [4.78, 5) is 2.83. The summed E-state index contributed by atoms with van der Waals surface area (Å²) in [6.07, 6.45) is 8.66.